The summed E-state index contributed by atoms with van der Waals surface area (Å²) in [7, 11) is 0. The summed E-state index contributed by atoms with van der Waals surface area (Å²) in [5, 5.41) is 15.2. The van der Waals surface area contributed by atoms with Crippen LogP contribution in [0.3, 0.4) is 0 Å². The number of rotatable bonds is 5. The average Bonchev–Trinajstić information content (AvgIpc) is 3.23. The lowest BCUT2D eigenvalue weighted by Crippen LogP contribution is -2.48. The third-order valence-corrected chi connectivity index (χ3v) is 6.99. The molecule has 2 aromatic rings. The van der Waals surface area contributed by atoms with Gasteiger partial charge in [-0.15, -0.1) is 0 Å². The van der Waals surface area contributed by atoms with E-state index in [2.05, 4.69) is 10.6 Å². The van der Waals surface area contributed by atoms with E-state index in [1.807, 2.05) is 11.0 Å². The molecular formula is C26H30FN3O5. The van der Waals surface area contributed by atoms with Crippen molar-refractivity contribution in [3.8, 4) is 5.75 Å². The standard InChI is InChI=1S/C26H30FN3O5/c27-20-6-2-3-7-21(20)29-26(33)28-16-8-9-22-18(12-16)19-13-17(34-23(15-31)25(19)35-22)14-24(32)30-10-4-1-5-11-30/h2-3,6-9,12,17,19,23,25,31H,1,4-5,10-11,13-15H2,(H2,28,29,33)/t17-,19-,23-,25+/m1/s1. The minimum absolute atomic E-state index is 0.0774. The van der Waals surface area contributed by atoms with Crippen LogP contribution in [0.2, 0.25) is 0 Å². The number of aliphatic hydroxyl groups is 1. The van der Waals surface area contributed by atoms with Crippen LogP contribution in [-0.2, 0) is 9.53 Å². The minimum Gasteiger partial charge on any atom is -0.487 e. The molecule has 35 heavy (non-hydrogen) atoms. The number of amides is 3. The van der Waals surface area contributed by atoms with E-state index in [1.54, 1.807) is 24.3 Å². The van der Waals surface area contributed by atoms with E-state index in [4.69, 9.17) is 9.47 Å². The van der Waals surface area contributed by atoms with Crippen LogP contribution in [0, 0.1) is 5.82 Å². The zero-order valence-electron chi connectivity index (χ0n) is 19.4. The van der Waals surface area contributed by atoms with E-state index in [9.17, 15) is 19.1 Å². The quantitative estimate of drug-likeness (QED) is 0.600. The number of carbonyl (C=O) groups is 2. The molecule has 0 spiro atoms. The van der Waals surface area contributed by atoms with Gasteiger partial charge in [-0.1, -0.05) is 12.1 Å². The molecule has 0 aliphatic carbocycles. The molecule has 0 unspecified atom stereocenters. The average molecular weight is 484 g/mol. The van der Waals surface area contributed by atoms with Crippen molar-refractivity contribution < 1.29 is 28.6 Å². The molecule has 3 amide bonds. The zero-order valence-corrected chi connectivity index (χ0v) is 19.4. The maximum absolute atomic E-state index is 13.9. The number of para-hydroxylation sites is 1. The topological polar surface area (TPSA) is 100 Å². The largest absolute Gasteiger partial charge is 0.487 e. The van der Waals surface area contributed by atoms with Crippen LogP contribution >= 0.6 is 0 Å². The van der Waals surface area contributed by atoms with Crippen LogP contribution in [0.4, 0.5) is 20.6 Å². The fourth-order valence-corrected chi connectivity index (χ4v) is 5.28. The molecule has 0 aromatic heterocycles. The number of piperidine rings is 1. The summed E-state index contributed by atoms with van der Waals surface area (Å²) < 4.78 is 26.0. The van der Waals surface area contributed by atoms with Crippen LogP contribution < -0.4 is 15.4 Å². The molecule has 2 aromatic carbocycles. The predicted molar refractivity (Wildman–Crippen MR) is 128 cm³/mol. The van der Waals surface area contributed by atoms with E-state index in [0.29, 0.717) is 17.9 Å². The number of fused-ring (bicyclic) bond motifs is 3. The second-order valence-corrected chi connectivity index (χ2v) is 9.36. The predicted octanol–water partition coefficient (Wildman–Crippen LogP) is 3.87. The number of hydrogen-bond acceptors (Lipinski definition) is 5. The molecule has 4 atom stereocenters. The maximum Gasteiger partial charge on any atom is 0.323 e. The van der Waals surface area contributed by atoms with Gasteiger partial charge in [0, 0.05) is 30.3 Å². The van der Waals surface area contributed by atoms with E-state index in [-0.39, 0.29) is 42.7 Å². The molecule has 0 bridgehead atoms. The Bertz CT molecular complexity index is 1090. The van der Waals surface area contributed by atoms with Crippen molar-refractivity contribution in [3.05, 3.63) is 53.8 Å². The lowest BCUT2D eigenvalue weighted by Gasteiger charge is -2.38. The van der Waals surface area contributed by atoms with Crippen molar-refractivity contribution in [1.29, 1.82) is 0 Å². The number of hydrogen-bond donors (Lipinski definition) is 3. The molecule has 2 fully saturated rings. The molecule has 3 N–H and O–H groups in total. The molecule has 186 valence electrons. The van der Waals surface area contributed by atoms with Crippen molar-refractivity contribution in [2.75, 3.05) is 30.3 Å². The number of benzene rings is 2. The van der Waals surface area contributed by atoms with Gasteiger partial charge in [0.2, 0.25) is 5.91 Å². The van der Waals surface area contributed by atoms with Gasteiger partial charge >= 0.3 is 6.03 Å². The summed E-state index contributed by atoms with van der Waals surface area (Å²) in [6, 6.07) is 10.7. The number of likely N-dealkylation sites (tertiary alicyclic amines) is 1. The highest BCUT2D eigenvalue weighted by Gasteiger charge is 2.46. The summed E-state index contributed by atoms with van der Waals surface area (Å²) in [4.78, 5) is 27.1. The summed E-state index contributed by atoms with van der Waals surface area (Å²) in [6.07, 6.45) is 2.85. The smallest absolute Gasteiger partial charge is 0.323 e. The first-order chi connectivity index (χ1) is 17.0. The van der Waals surface area contributed by atoms with Crippen LogP contribution in [0.25, 0.3) is 0 Å². The van der Waals surface area contributed by atoms with E-state index in [0.717, 1.165) is 37.9 Å². The Kier molecular flexibility index (Phi) is 6.88. The van der Waals surface area contributed by atoms with Gasteiger partial charge in [0.25, 0.3) is 0 Å². The van der Waals surface area contributed by atoms with Crippen LogP contribution in [-0.4, -0.2) is 60.0 Å². The lowest BCUT2D eigenvalue weighted by molar-refractivity contribution is -0.149. The van der Waals surface area contributed by atoms with Crippen molar-refractivity contribution >= 4 is 23.3 Å². The third kappa shape index (κ3) is 5.11. The number of halogens is 1. The van der Waals surface area contributed by atoms with Crippen molar-refractivity contribution in [2.45, 2.75) is 56.3 Å². The first kappa shape index (κ1) is 23.6. The Balaban J connectivity index is 1.28. The Labute approximate surface area is 203 Å². The minimum atomic E-state index is -0.560. The van der Waals surface area contributed by atoms with Crippen LogP contribution in [0.15, 0.2) is 42.5 Å². The van der Waals surface area contributed by atoms with Gasteiger partial charge < -0.3 is 30.1 Å². The monoisotopic (exact) mass is 483 g/mol. The zero-order chi connectivity index (χ0) is 24.4. The van der Waals surface area contributed by atoms with Gasteiger partial charge in [-0.2, -0.15) is 0 Å². The van der Waals surface area contributed by atoms with Crippen molar-refractivity contribution in [2.24, 2.45) is 0 Å². The first-order valence-corrected chi connectivity index (χ1v) is 12.2. The van der Waals surface area contributed by atoms with Gasteiger partial charge in [0.15, 0.2) is 0 Å². The summed E-state index contributed by atoms with van der Waals surface area (Å²) in [5.41, 5.74) is 1.52. The van der Waals surface area contributed by atoms with E-state index in [1.165, 1.54) is 12.1 Å². The normalized spacial score (nSPS) is 25.3. The number of nitrogens with zero attached hydrogens (tertiary/aromatic N) is 1. The molecule has 0 radical (unpaired) electrons. The van der Waals surface area contributed by atoms with E-state index >= 15 is 0 Å². The highest BCUT2D eigenvalue weighted by molar-refractivity contribution is 5.99. The van der Waals surface area contributed by atoms with Gasteiger partial charge in [-0.3, -0.25) is 4.79 Å². The molecule has 5 rings (SSSR count). The maximum atomic E-state index is 13.9. The highest BCUT2D eigenvalue weighted by Crippen LogP contribution is 2.47. The van der Waals surface area contributed by atoms with Crippen LogP contribution in [0.5, 0.6) is 5.75 Å². The third-order valence-electron chi connectivity index (χ3n) is 6.99. The Morgan fingerprint density at radius 2 is 1.89 bits per heavy atom. The van der Waals surface area contributed by atoms with Gasteiger partial charge in [-0.05, 0) is 56.0 Å². The SMILES string of the molecule is O=C(Nc1ccc2c(c1)[C@H]1C[C@H](CC(=O)N3CCCCC3)O[C@H](CO)[C@H]1O2)Nc1ccccc1F. The number of carbonyl (C=O) groups excluding carboxylic acids is 2. The summed E-state index contributed by atoms with van der Waals surface area (Å²) >= 11 is 0. The van der Waals surface area contributed by atoms with Crippen LogP contribution in [0.1, 0.15) is 43.6 Å². The van der Waals surface area contributed by atoms with Gasteiger partial charge in [0.1, 0.15) is 23.8 Å². The number of nitrogens with one attached hydrogen (secondary N) is 2. The van der Waals surface area contributed by atoms with Crippen molar-refractivity contribution in [1.82, 2.24) is 4.90 Å². The highest BCUT2D eigenvalue weighted by atomic mass is 19.1. The van der Waals surface area contributed by atoms with Gasteiger partial charge in [0.05, 0.1) is 24.8 Å². The number of aliphatic hydroxyl groups excluding tert-OH is 1. The fourth-order valence-electron chi connectivity index (χ4n) is 5.28. The lowest BCUT2D eigenvalue weighted by atomic mass is 9.84. The molecule has 8 nitrogen and oxygen atoms in total. The number of urea groups is 1. The number of ether oxygens (including phenoxy) is 2. The Morgan fingerprint density at radius 1 is 1.09 bits per heavy atom. The van der Waals surface area contributed by atoms with Crippen molar-refractivity contribution in [3.63, 3.8) is 0 Å². The molecule has 2 saturated heterocycles. The van der Waals surface area contributed by atoms with E-state index < -0.39 is 18.0 Å². The molecule has 3 aliphatic heterocycles. The second-order valence-electron chi connectivity index (χ2n) is 9.36. The second kappa shape index (κ2) is 10.2. The Hall–Kier alpha value is -3.17. The van der Waals surface area contributed by atoms with Gasteiger partial charge in [-0.25, -0.2) is 9.18 Å². The molecular weight excluding hydrogens is 453 g/mol. The first-order valence-electron chi connectivity index (χ1n) is 12.2. The molecule has 0 saturated carbocycles. The molecule has 3 aliphatic rings. The summed E-state index contributed by atoms with van der Waals surface area (Å²) in [5.74, 6) is 0.163. The number of anilines is 2. The molecule has 3 heterocycles. The fraction of sp³-hybridized carbons (Fsp3) is 0.462. The summed E-state index contributed by atoms with van der Waals surface area (Å²) in [6.45, 7) is 1.37. The Morgan fingerprint density at radius 3 is 2.66 bits per heavy atom. The molecule has 9 heteroatoms.